The number of pyridine rings is 1. The number of hydrogen-bond acceptors (Lipinski definition) is 5. The lowest BCUT2D eigenvalue weighted by molar-refractivity contribution is 0.102. The number of carbonyl (C=O) groups is 1. The van der Waals surface area contributed by atoms with E-state index in [-0.39, 0.29) is 5.91 Å². The minimum Gasteiger partial charge on any atom is -0.493 e. The van der Waals surface area contributed by atoms with Gasteiger partial charge in [0.05, 0.1) is 7.11 Å². The van der Waals surface area contributed by atoms with E-state index in [1.807, 2.05) is 36.4 Å². The molecule has 174 valence electrons. The largest absolute Gasteiger partial charge is 0.493 e. The molecule has 1 aromatic heterocycles. The Morgan fingerprint density at radius 2 is 1.67 bits per heavy atom. The van der Waals surface area contributed by atoms with Gasteiger partial charge in [0, 0.05) is 42.1 Å². The first-order chi connectivity index (χ1) is 15.9. The van der Waals surface area contributed by atoms with Crippen LogP contribution in [0.5, 0.6) is 11.5 Å². The van der Waals surface area contributed by atoms with Crippen LogP contribution in [0.3, 0.4) is 0 Å². The highest BCUT2D eigenvalue weighted by Crippen LogP contribution is 2.30. The molecule has 3 rings (SSSR count). The second-order valence-corrected chi connectivity index (χ2v) is 8.39. The van der Waals surface area contributed by atoms with Gasteiger partial charge in [0.15, 0.2) is 11.5 Å². The average Bonchev–Trinajstić information content (AvgIpc) is 2.82. The highest BCUT2D eigenvalue weighted by molar-refractivity contribution is 6.03. The fourth-order valence-electron chi connectivity index (χ4n) is 3.77. The van der Waals surface area contributed by atoms with E-state index in [2.05, 4.69) is 42.9 Å². The fourth-order valence-corrected chi connectivity index (χ4v) is 3.77. The van der Waals surface area contributed by atoms with E-state index in [0.29, 0.717) is 41.6 Å². The maximum Gasteiger partial charge on any atom is 0.274 e. The van der Waals surface area contributed by atoms with Crippen LogP contribution in [0.1, 0.15) is 38.2 Å². The molecule has 2 aromatic carbocycles. The van der Waals surface area contributed by atoms with Gasteiger partial charge in [-0.15, -0.1) is 0 Å². The van der Waals surface area contributed by atoms with Crippen molar-refractivity contribution in [2.45, 2.75) is 39.8 Å². The molecule has 1 heterocycles. The van der Waals surface area contributed by atoms with Crippen molar-refractivity contribution in [1.29, 1.82) is 0 Å². The van der Waals surface area contributed by atoms with Gasteiger partial charge in [0.1, 0.15) is 12.3 Å². The Balaban J connectivity index is 1.66. The molecule has 6 heteroatoms. The predicted octanol–water partition coefficient (Wildman–Crippen LogP) is 5.51. The summed E-state index contributed by atoms with van der Waals surface area (Å²) in [5.41, 5.74) is 2.98. The van der Waals surface area contributed by atoms with Crippen LogP contribution in [-0.2, 0) is 0 Å². The molecule has 0 aliphatic heterocycles. The summed E-state index contributed by atoms with van der Waals surface area (Å²) >= 11 is 0. The summed E-state index contributed by atoms with van der Waals surface area (Å²) in [6.45, 7) is 10.0. The lowest BCUT2D eigenvalue weighted by Gasteiger charge is -2.30. The van der Waals surface area contributed by atoms with Gasteiger partial charge in [-0.05, 0) is 51.5 Å². The molecule has 0 fully saturated rings. The number of amides is 1. The third kappa shape index (κ3) is 6.56. The number of ether oxygens (including phenoxy) is 2. The number of rotatable bonds is 10. The van der Waals surface area contributed by atoms with Crippen LogP contribution >= 0.6 is 0 Å². The van der Waals surface area contributed by atoms with Gasteiger partial charge in [-0.3, -0.25) is 14.7 Å². The van der Waals surface area contributed by atoms with Crippen LogP contribution in [0, 0.1) is 0 Å². The summed E-state index contributed by atoms with van der Waals surface area (Å²) in [4.78, 5) is 19.4. The van der Waals surface area contributed by atoms with Crippen molar-refractivity contribution >= 4 is 11.6 Å². The van der Waals surface area contributed by atoms with E-state index in [4.69, 9.17) is 9.47 Å². The first kappa shape index (κ1) is 24.3. The van der Waals surface area contributed by atoms with Gasteiger partial charge in [-0.1, -0.05) is 36.4 Å². The Hall–Kier alpha value is -3.38. The molecule has 0 radical (unpaired) electrons. The van der Waals surface area contributed by atoms with Crippen LogP contribution in [0.15, 0.2) is 66.9 Å². The molecule has 1 N–H and O–H groups in total. The first-order valence-corrected chi connectivity index (χ1v) is 11.3. The molecule has 3 aromatic rings. The van der Waals surface area contributed by atoms with E-state index in [9.17, 15) is 4.79 Å². The third-order valence-electron chi connectivity index (χ3n) is 5.46. The normalized spacial score (nSPS) is 11.2. The number of anilines is 1. The van der Waals surface area contributed by atoms with E-state index in [1.165, 1.54) is 0 Å². The van der Waals surface area contributed by atoms with Gasteiger partial charge in [0.25, 0.3) is 5.91 Å². The van der Waals surface area contributed by atoms with Crippen molar-refractivity contribution in [1.82, 2.24) is 9.88 Å². The molecule has 1 amide bonds. The first-order valence-electron chi connectivity index (χ1n) is 11.3. The second-order valence-electron chi connectivity index (χ2n) is 8.39. The topological polar surface area (TPSA) is 63.7 Å². The lowest BCUT2D eigenvalue weighted by atomic mass is 10.1. The van der Waals surface area contributed by atoms with Gasteiger partial charge < -0.3 is 14.8 Å². The van der Waals surface area contributed by atoms with E-state index in [0.717, 1.165) is 17.7 Å². The Labute approximate surface area is 196 Å². The summed E-state index contributed by atoms with van der Waals surface area (Å²) in [6, 6.07) is 19.8. The molecule has 0 saturated heterocycles. The summed E-state index contributed by atoms with van der Waals surface area (Å²) in [5.74, 6) is 0.936. The molecule has 0 atom stereocenters. The smallest absolute Gasteiger partial charge is 0.274 e. The summed E-state index contributed by atoms with van der Waals surface area (Å²) in [5, 5.41) is 2.90. The number of methoxy groups -OCH3 is 1. The Bertz CT molecular complexity index is 1030. The van der Waals surface area contributed by atoms with Crippen LogP contribution < -0.4 is 14.8 Å². The van der Waals surface area contributed by atoms with Crippen molar-refractivity contribution in [2.75, 3.05) is 25.6 Å². The summed E-state index contributed by atoms with van der Waals surface area (Å²) < 4.78 is 11.5. The summed E-state index contributed by atoms with van der Waals surface area (Å²) in [7, 11) is 1.60. The molecule has 0 unspecified atom stereocenters. The van der Waals surface area contributed by atoms with Crippen molar-refractivity contribution in [2.24, 2.45) is 0 Å². The van der Waals surface area contributed by atoms with Gasteiger partial charge in [-0.25, -0.2) is 0 Å². The predicted molar refractivity (Wildman–Crippen MR) is 133 cm³/mol. The zero-order valence-corrected chi connectivity index (χ0v) is 20.0. The average molecular weight is 448 g/mol. The molecule has 0 aliphatic carbocycles. The molecule has 33 heavy (non-hydrogen) atoms. The zero-order valence-electron chi connectivity index (χ0n) is 20.0. The van der Waals surface area contributed by atoms with E-state index < -0.39 is 0 Å². The standard InChI is InChI=1S/C27H33N3O3/c1-19(2)30(20(3)4)15-16-33-26-17-23(12-14-25(26)32-5)29-27(31)24-13-11-22(18-28-24)21-9-7-6-8-10-21/h6-14,17-20H,15-16H2,1-5H3,(H,29,31). The Kier molecular flexibility index (Phi) is 8.44. The number of hydrogen-bond donors (Lipinski definition) is 1. The highest BCUT2D eigenvalue weighted by Gasteiger charge is 2.15. The monoisotopic (exact) mass is 447 g/mol. The van der Waals surface area contributed by atoms with E-state index in [1.54, 1.807) is 37.6 Å². The Morgan fingerprint density at radius 1 is 0.939 bits per heavy atom. The van der Waals surface area contributed by atoms with Gasteiger partial charge >= 0.3 is 0 Å². The van der Waals surface area contributed by atoms with E-state index >= 15 is 0 Å². The number of aromatic nitrogens is 1. The van der Waals surface area contributed by atoms with Gasteiger partial charge in [-0.2, -0.15) is 0 Å². The zero-order chi connectivity index (χ0) is 23.8. The molecular weight excluding hydrogens is 414 g/mol. The minimum atomic E-state index is -0.281. The molecule has 6 nitrogen and oxygen atoms in total. The highest BCUT2D eigenvalue weighted by atomic mass is 16.5. The number of nitrogens with zero attached hydrogens (tertiary/aromatic N) is 2. The quantitative estimate of drug-likeness (QED) is 0.444. The SMILES string of the molecule is COc1ccc(NC(=O)c2ccc(-c3ccccc3)cn2)cc1OCCN(C(C)C)C(C)C. The molecule has 0 bridgehead atoms. The van der Waals surface area contributed by atoms with Crippen LogP contribution in [0.25, 0.3) is 11.1 Å². The lowest BCUT2D eigenvalue weighted by Crippen LogP contribution is -2.39. The minimum absolute atomic E-state index is 0.281. The number of carbonyl (C=O) groups excluding carboxylic acids is 1. The molecular formula is C27H33N3O3. The third-order valence-corrected chi connectivity index (χ3v) is 5.46. The maximum atomic E-state index is 12.7. The van der Waals surface area contributed by atoms with Crippen LogP contribution in [0.4, 0.5) is 5.69 Å². The second kappa shape index (κ2) is 11.5. The number of nitrogens with one attached hydrogen (secondary N) is 1. The van der Waals surface area contributed by atoms with Gasteiger partial charge in [0.2, 0.25) is 0 Å². The fraction of sp³-hybridized carbons (Fsp3) is 0.333. The van der Waals surface area contributed by atoms with Crippen LogP contribution in [-0.4, -0.2) is 48.1 Å². The maximum absolute atomic E-state index is 12.7. The molecule has 0 spiro atoms. The number of benzene rings is 2. The molecule has 0 aliphatic rings. The molecule has 0 saturated carbocycles. The van der Waals surface area contributed by atoms with Crippen molar-refractivity contribution in [3.63, 3.8) is 0 Å². The van der Waals surface area contributed by atoms with Crippen molar-refractivity contribution < 1.29 is 14.3 Å². The Morgan fingerprint density at radius 3 is 2.27 bits per heavy atom. The van der Waals surface area contributed by atoms with Crippen LogP contribution in [0.2, 0.25) is 0 Å². The summed E-state index contributed by atoms with van der Waals surface area (Å²) in [6.07, 6.45) is 1.71. The van der Waals surface area contributed by atoms with Crippen molar-refractivity contribution in [3.05, 3.63) is 72.6 Å². The van der Waals surface area contributed by atoms with Crippen molar-refractivity contribution in [3.8, 4) is 22.6 Å².